The number of hydrogen-bond acceptors (Lipinski definition) is 1. The molecule has 112 valence electrons. The first-order valence-corrected chi connectivity index (χ1v) is 6.59. The first-order chi connectivity index (χ1) is 9.79. The summed E-state index contributed by atoms with van der Waals surface area (Å²) in [6.45, 7) is -5.55. The number of benzene rings is 2. The first kappa shape index (κ1) is 16.0. The average molecular weight is 338 g/mol. The Hall–Kier alpha value is -1.40. The Morgan fingerprint density at radius 1 is 1.05 bits per heavy atom. The van der Waals surface area contributed by atoms with Crippen LogP contribution in [0.5, 0.6) is 5.75 Å². The molecule has 8 heteroatoms. The number of halogens is 6. The van der Waals surface area contributed by atoms with Gasteiger partial charge in [-0.05, 0) is 12.1 Å². The average Bonchev–Trinajstić information content (AvgIpc) is 2.39. The summed E-state index contributed by atoms with van der Waals surface area (Å²) in [7, 11) is 0. The highest BCUT2D eigenvalue weighted by Crippen LogP contribution is 2.27. The second-order valence-electron chi connectivity index (χ2n) is 4.26. The monoisotopic (exact) mass is 337 g/mol. The van der Waals surface area contributed by atoms with Gasteiger partial charge in [-0.3, -0.25) is 0 Å². The van der Waals surface area contributed by atoms with Gasteiger partial charge >= 0.3 is 6.98 Å². The second-order valence-corrected chi connectivity index (χ2v) is 5.04. The highest BCUT2D eigenvalue weighted by atomic mass is 35.5. The molecule has 0 heterocycles. The fourth-order valence-corrected chi connectivity index (χ4v) is 2.09. The minimum absolute atomic E-state index is 0.189. The molecule has 0 bridgehead atoms. The van der Waals surface area contributed by atoms with Crippen LogP contribution in [0.4, 0.5) is 17.3 Å². The molecule has 0 atom stereocenters. The summed E-state index contributed by atoms with van der Waals surface area (Å²) in [4.78, 5) is 0. The highest BCUT2D eigenvalue weighted by Gasteiger charge is 2.29. The molecule has 2 rings (SSSR count). The summed E-state index contributed by atoms with van der Waals surface area (Å²) in [6, 6.07) is 6.79. The van der Waals surface area contributed by atoms with E-state index in [1.165, 1.54) is 0 Å². The Kier molecular flexibility index (Phi) is 4.69. The van der Waals surface area contributed by atoms with E-state index >= 15 is 0 Å². The summed E-state index contributed by atoms with van der Waals surface area (Å²) in [6.07, 6.45) is 0. The highest BCUT2D eigenvalue weighted by molar-refractivity contribution is 6.74. The fraction of sp³-hybridized carbons (Fsp3) is 0.0769. The van der Waals surface area contributed by atoms with Gasteiger partial charge in [0.25, 0.3) is 0 Å². The van der Waals surface area contributed by atoms with Gasteiger partial charge in [-0.15, -0.1) is 0 Å². The second kappa shape index (κ2) is 6.16. The molecule has 0 fully saturated rings. The zero-order chi connectivity index (χ0) is 15.6. The topological polar surface area (TPSA) is 9.23 Å². The van der Waals surface area contributed by atoms with Crippen molar-refractivity contribution < 1.29 is 22.1 Å². The summed E-state index contributed by atoms with van der Waals surface area (Å²) in [5, 5.41) is 0.451. The van der Waals surface area contributed by atoms with Crippen LogP contribution in [0, 0.1) is 5.82 Å². The summed E-state index contributed by atoms with van der Waals surface area (Å²) in [5.41, 5.74) is -0.580. The van der Waals surface area contributed by atoms with Crippen molar-refractivity contribution in [1.29, 1.82) is 0 Å². The summed E-state index contributed by atoms with van der Waals surface area (Å²) < 4.78 is 56.8. The first-order valence-electron chi connectivity index (χ1n) is 5.84. The van der Waals surface area contributed by atoms with E-state index in [-0.39, 0.29) is 16.7 Å². The van der Waals surface area contributed by atoms with E-state index in [4.69, 9.17) is 27.9 Å². The Morgan fingerprint density at radius 2 is 1.76 bits per heavy atom. The molecule has 2 aromatic carbocycles. The lowest BCUT2D eigenvalue weighted by Crippen LogP contribution is -2.35. The predicted molar refractivity (Wildman–Crippen MR) is 75.9 cm³/mol. The van der Waals surface area contributed by atoms with E-state index in [2.05, 4.69) is 0 Å². The maximum Gasteiger partial charge on any atom is 0.513 e. The zero-order valence-corrected chi connectivity index (χ0v) is 11.9. The van der Waals surface area contributed by atoms with Gasteiger partial charge in [0.2, 0.25) is 0 Å². The van der Waals surface area contributed by atoms with Crippen molar-refractivity contribution in [3.63, 3.8) is 0 Å². The third kappa shape index (κ3) is 3.83. The van der Waals surface area contributed by atoms with Crippen molar-refractivity contribution in [2.75, 3.05) is 0 Å². The quantitative estimate of drug-likeness (QED) is 0.577. The molecule has 0 aliphatic carbocycles. The molecule has 1 nitrogen and oxygen atoms in total. The summed E-state index contributed by atoms with van der Waals surface area (Å²) >= 11 is 11.7. The van der Waals surface area contributed by atoms with Crippen LogP contribution < -0.4 is 10.2 Å². The van der Waals surface area contributed by atoms with Crippen molar-refractivity contribution >= 4 is 35.6 Å². The van der Waals surface area contributed by atoms with Crippen LogP contribution in [-0.4, -0.2) is 6.98 Å². The molecule has 0 spiro atoms. The van der Waals surface area contributed by atoms with Gasteiger partial charge in [-0.25, -0.2) is 4.39 Å². The van der Waals surface area contributed by atoms with Crippen molar-refractivity contribution in [3.05, 3.63) is 57.8 Å². The third-order valence-corrected chi connectivity index (χ3v) is 3.60. The lowest BCUT2D eigenvalue weighted by atomic mass is 9.79. The molecule has 0 saturated carbocycles. The van der Waals surface area contributed by atoms with Gasteiger partial charge in [-0.1, -0.05) is 46.9 Å². The van der Waals surface area contributed by atoms with Gasteiger partial charge in [-0.2, -0.15) is 0 Å². The van der Waals surface area contributed by atoms with E-state index in [0.29, 0.717) is 17.7 Å². The van der Waals surface area contributed by atoms with Crippen LogP contribution in [0.15, 0.2) is 36.4 Å². The number of ether oxygens (including phenoxy) is 1. The van der Waals surface area contributed by atoms with E-state index in [1.54, 1.807) is 18.2 Å². The van der Waals surface area contributed by atoms with Crippen molar-refractivity contribution in [2.24, 2.45) is 0 Å². The lowest BCUT2D eigenvalue weighted by Gasteiger charge is -2.20. The predicted octanol–water partition coefficient (Wildman–Crippen LogP) is 4.77. The Bertz CT molecular complexity index is 661. The molecule has 2 aromatic rings. The molecule has 0 saturated heterocycles. The molecule has 0 unspecified atom stereocenters. The van der Waals surface area contributed by atoms with E-state index < -0.39 is 24.0 Å². The Morgan fingerprint density at radius 3 is 2.43 bits per heavy atom. The van der Waals surface area contributed by atoms with Crippen LogP contribution in [-0.2, 0) is 6.61 Å². The van der Waals surface area contributed by atoms with Crippen molar-refractivity contribution in [1.82, 2.24) is 0 Å². The lowest BCUT2D eigenvalue weighted by molar-refractivity contribution is 0.305. The maximum atomic E-state index is 13.1. The third-order valence-electron chi connectivity index (χ3n) is 2.74. The van der Waals surface area contributed by atoms with Crippen LogP contribution in [0.2, 0.25) is 10.0 Å². The Labute approximate surface area is 128 Å². The zero-order valence-electron chi connectivity index (χ0n) is 10.4. The SMILES string of the molecule is Fc1ccc([B-](F)(F)F)c(OCc2cccc(Cl)c2Cl)c1. The van der Waals surface area contributed by atoms with Crippen LogP contribution in [0.1, 0.15) is 5.56 Å². The molecule has 0 amide bonds. The number of hydrogen-bond donors (Lipinski definition) is 0. The van der Waals surface area contributed by atoms with Crippen molar-refractivity contribution in [2.45, 2.75) is 6.61 Å². The van der Waals surface area contributed by atoms with Gasteiger partial charge < -0.3 is 17.7 Å². The van der Waals surface area contributed by atoms with Gasteiger partial charge in [0, 0.05) is 11.6 Å². The standard InChI is InChI=1S/C13H8BCl2F4O/c15-11-3-1-2-8(13(11)16)7-21-12-6-9(17)4-5-10(12)14(18,19)20/h1-6H,7H2/q-1. The van der Waals surface area contributed by atoms with Gasteiger partial charge in [0.05, 0.1) is 15.8 Å². The van der Waals surface area contributed by atoms with E-state index in [0.717, 1.165) is 6.07 Å². The van der Waals surface area contributed by atoms with Crippen LogP contribution in [0.3, 0.4) is 0 Å². The van der Waals surface area contributed by atoms with E-state index in [9.17, 15) is 17.3 Å². The molecular formula is C13H8BCl2F4O-. The normalized spacial score (nSPS) is 11.5. The fourth-order valence-electron chi connectivity index (χ4n) is 1.72. The summed E-state index contributed by atoms with van der Waals surface area (Å²) in [5.74, 6) is -1.38. The molecule has 0 aromatic heterocycles. The molecule has 0 N–H and O–H groups in total. The smallest absolute Gasteiger partial charge is 0.492 e. The molecule has 0 aliphatic heterocycles. The van der Waals surface area contributed by atoms with E-state index in [1.807, 2.05) is 0 Å². The van der Waals surface area contributed by atoms with Crippen molar-refractivity contribution in [3.8, 4) is 5.75 Å². The minimum Gasteiger partial charge on any atom is -0.492 e. The number of rotatable bonds is 4. The molecule has 0 radical (unpaired) electrons. The maximum absolute atomic E-state index is 13.1. The van der Waals surface area contributed by atoms with Crippen LogP contribution in [0.25, 0.3) is 0 Å². The Balaban J connectivity index is 2.28. The molecule has 0 aliphatic rings. The molecule has 21 heavy (non-hydrogen) atoms. The van der Waals surface area contributed by atoms with Gasteiger partial charge in [0.1, 0.15) is 12.4 Å². The van der Waals surface area contributed by atoms with Gasteiger partial charge in [0.15, 0.2) is 0 Å². The van der Waals surface area contributed by atoms with Crippen LogP contribution >= 0.6 is 23.2 Å². The molecular weight excluding hydrogens is 330 g/mol. The minimum atomic E-state index is -5.30. The largest absolute Gasteiger partial charge is 0.513 e.